The van der Waals surface area contributed by atoms with Crippen LogP contribution in [-0.2, 0) is 24.5 Å². The van der Waals surface area contributed by atoms with Crippen LogP contribution in [0.4, 0.5) is 0 Å². The second-order valence-corrected chi connectivity index (χ2v) is 6.31. The minimum absolute atomic E-state index is 0.144. The molecule has 0 spiro atoms. The molecule has 0 bridgehead atoms. The van der Waals surface area contributed by atoms with Crippen molar-refractivity contribution >= 4 is 16.2 Å². The lowest BCUT2D eigenvalue weighted by atomic mass is 10.4. The number of carboxylic acid groups (broad SMARTS) is 1. The van der Waals surface area contributed by atoms with Gasteiger partial charge in [-0.3, -0.25) is 4.79 Å². The SMILES string of the molecule is COCCN(CCOC)S(=O)(=O)N(CC(=O)O)C(C)C. The van der Waals surface area contributed by atoms with Gasteiger partial charge in [0.2, 0.25) is 0 Å². The largest absolute Gasteiger partial charge is 0.480 e. The molecule has 20 heavy (non-hydrogen) atoms. The van der Waals surface area contributed by atoms with Crippen LogP contribution in [0.5, 0.6) is 0 Å². The summed E-state index contributed by atoms with van der Waals surface area (Å²) in [4.78, 5) is 10.8. The summed E-state index contributed by atoms with van der Waals surface area (Å²) in [5, 5.41) is 8.86. The van der Waals surface area contributed by atoms with Gasteiger partial charge in [0.05, 0.1) is 13.2 Å². The standard InChI is InChI=1S/C11H24N2O6S/c1-10(2)13(9-11(14)15)20(16,17)12(5-7-18-3)6-8-19-4/h10H,5-9H2,1-4H3,(H,14,15). The molecule has 0 aliphatic carbocycles. The highest BCUT2D eigenvalue weighted by molar-refractivity contribution is 7.86. The first kappa shape index (κ1) is 19.3. The van der Waals surface area contributed by atoms with Gasteiger partial charge in [-0.2, -0.15) is 17.0 Å². The average molecular weight is 312 g/mol. The normalized spacial score (nSPS) is 12.6. The van der Waals surface area contributed by atoms with Crippen LogP contribution in [0.25, 0.3) is 0 Å². The van der Waals surface area contributed by atoms with E-state index in [2.05, 4.69) is 0 Å². The summed E-state index contributed by atoms with van der Waals surface area (Å²) in [6.07, 6.45) is 0. The Morgan fingerprint density at radius 2 is 1.60 bits per heavy atom. The van der Waals surface area contributed by atoms with Crippen molar-refractivity contribution in [1.82, 2.24) is 8.61 Å². The lowest BCUT2D eigenvalue weighted by Crippen LogP contribution is -2.50. The van der Waals surface area contributed by atoms with Crippen molar-refractivity contribution < 1.29 is 27.8 Å². The van der Waals surface area contributed by atoms with E-state index in [0.29, 0.717) is 0 Å². The number of ether oxygens (including phenoxy) is 2. The van der Waals surface area contributed by atoms with Gasteiger partial charge in [-0.25, -0.2) is 0 Å². The second kappa shape index (κ2) is 9.24. The predicted octanol–water partition coefficient (Wildman–Crippen LogP) is -0.379. The maximum Gasteiger partial charge on any atom is 0.318 e. The molecule has 0 aromatic heterocycles. The lowest BCUT2D eigenvalue weighted by molar-refractivity contribution is -0.137. The molecule has 0 aromatic rings. The molecule has 0 amide bonds. The molecule has 8 nitrogen and oxygen atoms in total. The van der Waals surface area contributed by atoms with E-state index in [-0.39, 0.29) is 26.3 Å². The van der Waals surface area contributed by atoms with Crippen LogP contribution in [-0.4, -0.2) is 81.2 Å². The topological polar surface area (TPSA) is 96.4 Å². The highest BCUT2D eigenvalue weighted by atomic mass is 32.2. The van der Waals surface area contributed by atoms with Crippen molar-refractivity contribution in [3.8, 4) is 0 Å². The van der Waals surface area contributed by atoms with Gasteiger partial charge in [0, 0.05) is 33.4 Å². The van der Waals surface area contributed by atoms with Crippen molar-refractivity contribution in [2.45, 2.75) is 19.9 Å². The van der Waals surface area contributed by atoms with Crippen LogP contribution in [0.1, 0.15) is 13.8 Å². The molecule has 1 N–H and O–H groups in total. The van der Waals surface area contributed by atoms with Gasteiger partial charge >= 0.3 is 5.97 Å². The summed E-state index contributed by atoms with van der Waals surface area (Å²) in [6.45, 7) is 3.42. The Labute approximate surface area is 120 Å². The second-order valence-electron chi connectivity index (χ2n) is 4.43. The van der Waals surface area contributed by atoms with Gasteiger partial charge in [-0.15, -0.1) is 0 Å². The Hall–Kier alpha value is -0.740. The van der Waals surface area contributed by atoms with E-state index in [1.165, 1.54) is 18.5 Å². The number of carboxylic acids is 1. The molecule has 120 valence electrons. The smallest absolute Gasteiger partial charge is 0.318 e. The van der Waals surface area contributed by atoms with Gasteiger partial charge in [-0.1, -0.05) is 0 Å². The van der Waals surface area contributed by atoms with Gasteiger partial charge < -0.3 is 14.6 Å². The Morgan fingerprint density at radius 3 is 1.90 bits per heavy atom. The molecule has 0 radical (unpaired) electrons. The number of hydrogen-bond acceptors (Lipinski definition) is 5. The number of carbonyl (C=O) groups is 1. The molecule has 9 heteroatoms. The number of rotatable bonds is 11. The number of methoxy groups -OCH3 is 2. The van der Waals surface area contributed by atoms with E-state index >= 15 is 0 Å². The fourth-order valence-corrected chi connectivity index (χ4v) is 3.25. The Bertz CT molecular complexity index is 376. The third-order valence-electron chi connectivity index (χ3n) is 2.58. The van der Waals surface area contributed by atoms with E-state index in [1.807, 2.05) is 0 Å². The zero-order valence-electron chi connectivity index (χ0n) is 12.4. The van der Waals surface area contributed by atoms with Crippen LogP contribution in [0.15, 0.2) is 0 Å². The van der Waals surface area contributed by atoms with Crippen LogP contribution < -0.4 is 0 Å². The van der Waals surface area contributed by atoms with E-state index in [9.17, 15) is 13.2 Å². The van der Waals surface area contributed by atoms with Crippen molar-refractivity contribution in [2.75, 3.05) is 47.1 Å². The zero-order chi connectivity index (χ0) is 15.8. The molecular weight excluding hydrogens is 288 g/mol. The molecule has 0 unspecified atom stereocenters. The summed E-state index contributed by atoms with van der Waals surface area (Å²) in [5.41, 5.74) is 0. The first-order valence-corrected chi connectivity index (χ1v) is 7.63. The van der Waals surface area contributed by atoms with Crippen LogP contribution >= 0.6 is 0 Å². The first-order chi connectivity index (χ1) is 9.27. The summed E-state index contributed by atoms with van der Waals surface area (Å²) in [6, 6.07) is -0.455. The fourth-order valence-electron chi connectivity index (χ4n) is 1.54. The van der Waals surface area contributed by atoms with Crippen LogP contribution in [0, 0.1) is 0 Å². The van der Waals surface area contributed by atoms with Gasteiger partial charge in [0.15, 0.2) is 0 Å². The maximum atomic E-state index is 12.5. The highest BCUT2D eigenvalue weighted by Crippen LogP contribution is 2.12. The minimum Gasteiger partial charge on any atom is -0.480 e. The Kier molecular flexibility index (Phi) is 8.90. The van der Waals surface area contributed by atoms with E-state index < -0.39 is 28.8 Å². The molecule has 0 aromatic carbocycles. The van der Waals surface area contributed by atoms with E-state index in [4.69, 9.17) is 14.6 Å². The lowest BCUT2D eigenvalue weighted by Gasteiger charge is -2.31. The quantitative estimate of drug-likeness (QED) is 0.559. The molecule has 0 fully saturated rings. The van der Waals surface area contributed by atoms with Gasteiger partial charge in [0.25, 0.3) is 10.2 Å². The fraction of sp³-hybridized carbons (Fsp3) is 0.909. The van der Waals surface area contributed by atoms with Crippen molar-refractivity contribution in [2.24, 2.45) is 0 Å². The Balaban J connectivity index is 5.16. The summed E-state index contributed by atoms with van der Waals surface area (Å²) in [7, 11) is -0.935. The monoisotopic (exact) mass is 312 g/mol. The predicted molar refractivity (Wildman–Crippen MR) is 73.7 cm³/mol. The minimum atomic E-state index is -3.88. The third kappa shape index (κ3) is 6.14. The first-order valence-electron chi connectivity index (χ1n) is 6.24. The van der Waals surface area contributed by atoms with Crippen LogP contribution in [0.3, 0.4) is 0 Å². The van der Waals surface area contributed by atoms with Crippen molar-refractivity contribution in [1.29, 1.82) is 0 Å². The third-order valence-corrected chi connectivity index (χ3v) is 4.74. The molecule has 0 saturated carbocycles. The molecule has 0 aliphatic rings. The highest BCUT2D eigenvalue weighted by Gasteiger charge is 2.32. The summed E-state index contributed by atoms with van der Waals surface area (Å²) < 4.78 is 36.9. The van der Waals surface area contributed by atoms with E-state index in [1.54, 1.807) is 13.8 Å². The summed E-state index contributed by atoms with van der Waals surface area (Å²) in [5.74, 6) is -1.19. The molecule has 0 heterocycles. The van der Waals surface area contributed by atoms with Crippen molar-refractivity contribution in [3.05, 3.63) is 0 Å². The molecule has 0 aliphatic heterocycles. The molecule has 0 rings (SSSR count). The number of hydrogen-bond donors (Lipinski definition) is 1. The number of nitrogens with zero attached hydrogens (tertiary/aromatic N) is 2. The number of aliphatic carboxylic acids is 1. The van der Waals surface area contributed by atoms with Gasteiger partial charge in [-0.05, 0) is 13.8 Å². The van der Waals surface area contributed by atoms with E-state index in [0.717, 1.165) is 4.31 Å². The molecule has 0 saturated heterocycles. The Morgan fingerprint density at radius 1 is 1.15 bits per heavy atom. The zero-order valence-corrected chi connectivity index (χ0v) is 13.2. The molecular formula is C11H24N2O6S. The van der Waals surface area contributed by atoms with Gasteiger partial charge in [0.1, 0.15) is 6.54 Å². The van der Waals surface area contributed by atoms with Crippen molar-refractivity contribution in [3.63, 3.8) is 0 Å². The van der Waals surface area contributed by atoms with Crippen LogP contribution in [0.2, 0.25) is 0 Å². The average Bonchev–Trinajstić information content (AvgIpc) is 2.35. The maximum absolute atomic E-state index is 12.5. The summed E-state index contributed by atoms with van der Waals surface area (Å²) >= 11 is 0. The molecule has 0 atom stereocenters.